The number of carbonyl (C=O) groups is 1. The van der Waals surface area contributed by atoms with Gasteiger partial charge in [-0.3, -0.25) is 4.79 Å². The van der Waals surface area contributed by atoms with Crippen LogP contribution in [0.3, 0.4) is 0 Å². The first-order chi connectivity index (χ1) is 6.97. The van der Waals surface area contributed by atoms with Crippen molar-refractivity contribution < 1.29 is 14.6 Å². The van der Waals surface area contributed by atoms with E-state index in [2.05, 4.69) is 0 Å². The zero-order valence-corrected chi connectivity index (χ0v) is 9.55. The van der Waals surface area contributed by atoms with Crippen molar-refractivity contribution in [1.82, 2.24) is 0 Å². The van der Waals surface area contributed by atoms with E-state index in [1.165, 1.54) is 14.0 Å². The van der Waals surface area contributed by atoms with Gasteiger partial charge in [-0.15, -0.1) is 0 Å². The topological polar surface area (TPSA) is 46.5 Å². The summed E-state index contributed by atoms with van der Waals surface area (Å²) in [5, 5.41) is 9.84. The molecule has 1 aromatic carbocycles. The van der Waals surface area contributed by atoms with Gasteiger partial charge in [-0.25, -0.2) is 0 Å². The van der Waals surface area contributed by atoms with Crippen molar-refractivity contribution in [3.05, 3.63) is 22.8 Å². The Morgan fingerprint density at radius 3 is 2.53 bits per heavy atom. The van der Waals surface area contributed by atoms with Crippen LogP contribution >= 0.6 is 0 Å². The number of phenols is 1. The predicted octanol–water partition coefficient (Wildman–Crippen LogP) is 2.15. The minimum absolute atomic E-state index is 0.0518. The van der Waals surface area contributed by atoms with E-state index in [-0.39, 0.29) is 18.0 Å². The first-order valence-corrected chi connectivity index (χ1v) is 4.82. The molecule has 0 amide bonds. The van der Waals surface area contributed by atoms with Crippen molar-refractivity contribution in [2.45, 2.75) is 27.2 Å². The SMILES string of the molecule is COc1c(CC(C)=O)cc(C)c(C)c1O. The molecule has 0 fully saturated rings. The van der Waals surface area contributed by atoms with Crippen molar-refractivity contribution >= 4 is 5.78 Å². The highest BCUT2D eigenvalue weighted by Gasteiger charge is 2.14. The van der Waals surface area contributed by atoms with Crippen LogP contribution in [-0.4, -0.2) is 18.0 Å². The summed E-state index contributed by atoms with van der Waals surface area (Å²) in [7, 11) is 1.49. The second-order valence-electron chi connectivity index (χ2n) is 3.74. The monoisotopic (exact) mass is 208 g/mol. The van der Waals surface area contributed by atoms with Crippen LogP contribution in [0.25, 0.3) is 0 Å². The lowest BCUT2D eigenvalue weighted by Gasteiger charge is -2.13. The number of ether oxygens (including phenoxy) is 1. The Morgan fingerprint density at radius 1 is 1.47 bits per heavy atom. The second-order valence-corrected chi connectivity index (χ2v) is 3.74. The molecule has 0 atom stereocenters. The number of methoxy groups -OCH3 is 1. The average Bonchev–Trinajstić information content (AvgIpc) is 2.14. The van der Waals surface area contributed by atoms with E-state index in [9.17, 15) is 9.90 Å². The molecule has 0 aliphatic rings. The van der Waals surface area contributed by atoms with Crippen molar-refractivity contribution in [3.8, 4) is 11.5 Å². The van der Waals surface area contributed by atoms with Gasteiger partial charge in [-0.05, 0) is 31.9 Å². The van der Waals surface area contributed by atoms with Crippen LogP contribution in [-0.2, 0) is 11.2 Å². The van der Waals surface area contributed by atoms with Gasteiger partial charge < -0.3 is 9.84 Å². The molecule has 0 saturated carbocycles. The van der Waals surface area contributed by atoms with Crippen LogP contribution in [0.15, 0.2) is 6.07 Å². The van der Waals surface area contributed by atoms with Crippen LogP contribution in [0.4, 0.5) is 0 Å². The molecule has 0 bridgehead atoms. The van der Waals surface area contributed by atoms with Crippen LogP contribution in [0, 0.1) is 13.8 Å². The molecule has 0 aromatic heterocycles. The van der Waals surface area contributed by atoms with Crippen LogP contribution < -0.4 is 4.74 Å². The molecule has 0 aliphatic heterocycles. The van der Waals surface area contributed by atoms with Gasteiger partial charge in [0.1, 0.15) is 5.78 Å². The van der Waals surface area contributed by atoms with E-state index in [1.807, 2.05) is 19.9 Å². The number of aryl methyl sites for hydroxylation is 1. The maximum absolute atomic E-state index is 11.1. The van der Waals surface area contributed by atoms with Gasteiger partial charge in [-0.1, -0.05) is 6.07 Å². The smallest absolute Gasteiger partial charge is 0.164 e. The number of ketones is 1. The number of carbonyl (C=O) groups excluding carboxylic acids is 1. The third kappa shape index (κ3) is 2.29. The highest BCUT2D eigenvalue weighted by molar-refractivity contribution is 5.79. The zero-order valence-electron chi connectivity index (χ0n) is 9.55. The molecule has 3 nitrogen and oxygen atoms in total. The van der Waals surface area contributed by atoms with Crippen LogP contribution in [0.5, 0.6) is 11.5 Å². The first-order valence-electron chi connectivity index (χ1n) is 4.82. The third-order valence-electron chi connectivity index (χ3n) is 2.49. The summed E-state index contributed by atoms with van der Waals surface area (Å²) >= 11 is 0. The molecular weight excluding hydrogens is 192 g/mol. The predicted molar refractivity (Wildman–Crippen MR) is 58.5 cm³/mol. The summed E-state index contributed by atoms with van der Waals surface area (Å²) < 4.78 is 5.11. The van der Waals surface area contributed by atoms with E-state index in [0.717, 1.165) is 16.7 Å². The van der Waals surface area contributed by atoms with E-state index in [1.54, 1.807) is 0 Å². The summed E-state index contributed by atoms with van der Waals surface area (Å²) in [6, 6.07) is 1.88. The summed E-state index contributed by atoms with van der Waals surface area (Å²) in [6.45, 7) is 5.24. The average molecular weight is 208 g/mol. The first kappa shape index (κ1) is 11.6. The number of aromatic hydroxyl groups is 1. The van der Waals surface area contributed by atoms with Gasteiger partial charge >= 0.3 is 0 Å². The van der Waals surface area contributed by atoms with Gasteiger partial charge in [0.25, 0.3) is 0 Å². The quantitative estimate of drug-likeness (QED) is 0.827. The van der Waals surface area contributed by atoms with Gasteiger partial charge in [0.15, 0.2) is 11.5 Å². The van der Waals surface area contributed by atoms with Crippen molar-refractivity contribution in [1.29, 1.82) is 0 Å². The van der Waals surface area contributed by atoms with Crippen molar-refractivity contribution in [3.63, 3.8) is 0 Å². The third-order valence-corrected chi connectivity index (χ3v) is 2.49. The maximum atomic E-state index is 11.1. The van der Waals surface area contributed by atoms with E-state index in [4.69, 9.17) is 4.74 Å². The maximum Gasteiger partial charge on any atom is 0.164 e. The molecule has 0 spiro atoms. The van der Waals surface area contributed by atoms with E-state index >= 15 is 0 Å². The molecule has 82 valence electrons. The Morgan fingerprint density at radius 2 is 2.07 bits per heavy atom. The van der Waals surface area contributed by atoms with Gasteiger partial charge in [0, 0.05) is 12.0 Å². The minimum atomic E-state index is 0.0518. The Labute approximate surface area is 89.7 Å². The fraction of sp³-hybridized carbons (Fsp3) is 0.417. The number of hydrogen-bond donors (Lipinski definition) is 1. The summed E-state index contributed by atoms with van der Waals surface area (Å²) in [4.78, 5) is 11.1. The Hall–Kier alpha value is -1.51. The lowest BCUT2D eigenvalue weighted by Crippen LogP contribution is -2.01. The number of benzene rings is 1. The molecule has 0 heterocycles. The second kappa shape index (κ2) is 4.34. The molecule has 15 heavy (non-hydrogen) atoms. The lowest BCUT2D eigenvalue weighted by atomic mass is 10.0. The molecular formula is C12H16O3. The standard InChI is InChI=1S/C12H16O3/c1-7-5-10(6-8(2)13)12(15-4)11(14)9(7)3/h5,14H,6H2,1-4H3. The van der Waals surface area contributed by atoms with Crippen LogP contribution in [0.1, 0.15) is 23.6 Å². The minimum Gasteiger partial charge on any atom is -0.504 e. The largest absolute Gasteiger partial charge is 0.504 e. The molecule has 0 radical (unpaired) electrons. The van der Waals surface area contributed by atoms with Crippen molar-refractivity contribution in [2.75, 3.05) is 7.11 Å². The highest BCUT2D eigenvalue weighted by atomic mass is 16.5. The van der Waals surface area contributed by atoms with Crippen LogP contribution in [0.2, 0.25) is 0 Å². The summed E-state index contributed by atoms with van der Waals surface area (Å²) in [5.74, 6) is 0.595. The number of hydrogen-bond acceptors (Lipinski definition) is 3. The van der Waals surface area contributed by atoms with E-state index < -0.39 is 0 Å². The van der Waals surface area contributed by atoms with Gasteiger partial charge in [0.2, 0.25) is 0 Å². The normalized spacial score (nSPS) is 10.1. The van der Waals surface area contributed by atoms with Gasteiger partial charge in [0.05, 0.1) is 7.11 Å². The lowest BCUT2D eigenvalue weighted by molar-refractivity contribution is -0.116. The number of Topliss-reactive ketones (excluding diaryl/α,β-unsaturated/α-hetero) is 1. The fourth-order valence-electron chi connectivity index (χ4n) is 1.57. The molecule has 0 aliphatic carbocycles. The zero-order chi connectivity index (χ0) is 11.6. The van der Waals surface area contributed by atoms with Gasteiger partial charge in [-0.2, -0.15) is 0 Å². The van der Waals surface area contributed by atoms with E-state index in [0.29, 0.717) is 5.75 Å². The number of phenolic OH excluding ortho intramolecular Hbond substituents is 1. The molecule has 0 saturated heterocycles. The van der Waals surface area contributed by atoms with Crippen molar-refractivity contribution in [2.24, 2.45) is 0 Å². The summed E-state index contributed by atoms with van der Waals surface area (Å²) in [6.07, 6.45) is 0.290. The molecule has 3 heteroatoms. The molecule has 0 unspecified atom stereocenters. The molecule has 1 aromatic rings. The number of rotatable bonds is 3. The summed E-state index contributed by atoms with van der Waals surface area (Å²) in [5.41, 5.74) is 2.49. The molecule has 1 rings (SSSR count). The highest BCUT2D eigenvalue weighted by Crippen LogP contribution is 2.35. The fourth-order valence-corrected chi connectivity index (χ4v) is 1.57. The Bertz CT molecular complexity index is 394. The Kier molecular flexibility index (Phi) is 3.35. The molecule has 1 N–H and O–H groups in total. The Balaban J connectivity index is 3.31.